The van der Waals surface area contributed by atoms with Gasteiger partial charge in [-0.2, -0.15) is 0 Å². The molecule has 18 heavy (non-hydrogen) atoms. The molecule has 1 aliphatic heterocycles. The van der Waals surface area contributed by atoms with E-state index in [2.05, 4.69) is 0 Å². The lowest BCUT2D eigenvalue weighted by atomic mass is 9.86. The number of carbonyl (C=O) groups is 2. The van der Waals surface area contributed by atoms with Gasteiger partial charge in [0, 0.05) is 12.0 Å². The van der Waals surface area contributed by atoms with Crippen molar-refractivity contribution in [3.05, 3.63) is 0 Å². The summed E-state index contributed by atoms with van der Waals surface area (Å²) in [5.41, 5.74) is -0.348. The highest BCUT2D eigenvalue weighted by atomic mass is 16.3. The lowest BCUT2D eigenvalue weighted by Crippen LogP contribution is -2.44. The summed E-state index contributed by atoms with van der Waals surface area (Å²) in [7, 11) is 0. The largest absolute Gasteiger partial charge is 0.396 e. The maximum absolute atomic E-state index is 12.2. The average Bonchev–Trinajstić information content (AvgIpc) is 2.68. The molecule has 0 aromatic heterocycles. The van der Waals surface area contributed by atoms with Crippen molar-refractivity contribution >= 4 is 11.8 Å². The predicted molar refractivity (Wildman–Crippen MR) is 65.5 cm³/mol. The molecule has 2 aliphatic carbocycles. The molecule has 2 amide bonds. The molecule has 0 spiro atoms. The first kappa shape index (κ1) is 12.2. The second-order valence-electron chi connectivity index (χ2n) is 6.90. The smallest absolute Gasteiger partial charge is 0.233 e. The van der Waals surface area contributed by atoms with E-state index >= 15 is 0 Å². The van der Waals surface area contributed by atoms with Crippen molar-refractivity contribution in [2.75, 3.05) is 13.2 Å². The highest BCUT2D eigenvalue weighted by Gasteiger charge is 2.72. The topological polar surface area (TPSA) is 57.6 Å². The summed E-state index contributed by atoms with van der Waals surface area (Å²) in [4.78, 5) is 25.9. The Kier molecular flexibility index (Phi) is 2.40. The summed E-state index contributed by atoms with van der Waals surface area (Å²) in [6, 6.07) is 0. The molecule has 2 unspecified atom stereocenters. The van der Waals surface area contributed by atoms with Gasteiger partial charge in [0.1, 0.15) is 0 Å². The summed E-state index contributed by atoms with van der Waals surface area (Å²) < 4.78 is 0. The Morgan fingerprint density at radius 1 is 1.17 bits per heavy atom. The van der Waals surface area contributed by atoms with Crippen LogP contribution < -0.4 is 0 Å². The third-order valence-electron chi connectivity index (χ3n) is 5.38. The first-order valence-electron chi connectivity index (χ1n) is 6.89. The molecule has 3 rings (SSSR count). The normalized spacial score (nSPS) is 36.1. The Hall–Kier alpha value is -0.900. The van der Waals surface area contributed by atoms with Crippen LogP contribution in [-0.4, -0.2) is 35.0 Å². The molecule has 3 fully saturated rings. The lowest BCUT2D eigenvalue weighted by molar-refractivity contribution is -0.145. The standard InChI is InChI=1S/C14H21NO3/c1-13(2)9-10(13)12(18)15(11(9)17)7-14(8-16)5-3-4-6-14/h9-10,16H,3-8H2,1-2H3. The van der Waals surface area contributed by atoms with Gasteiger partial charge < -0.3 is 5.11 Å². The van der Waals surface area contributed by atoms with Gasteiger partial charge in [0.2, 0.25) is 11.8 Å². The van der Waals surface area contributed by atoms with Crippen LogP contribution in [0.15, 0.2) is 0 Å². The quantitative estimate of drug-likeness (QED) is 0.766. The number of aliphatic hydroxyl groups is 1. The van der Waals surface area contributed by atoms with Crippen molar-refractivity contribution in [1.29, 1.82) is 0 Å². The van der Waals surface area contributed by atoms with Gasteiger partial charge in [0.05, 0.1) is 18.4 Å². The van der Waals surface area contributed by atoms with E-state index < -0.39 is 0 Å². The predicted octanol–water partition coefficient (Wildman–Crippen LogP) is 1.18. The SMILES string of the molecule is CC1(C)C2C(=O)N(CC3(CO)CCCC3)C(=O)C21. The van der Waals surface area contributed by atoms with Gasteiger partial charge in [-0.15, -0.1) is 0 Å². The number of amides is 2. The molecule has 0 bridgehead atoms. The van der Waals surface area contributed by atoms with Crippen LogP contribution in [0.3, 0.4) is 0 Å². The third kappa shape index (κ3) is 1.41. The fraction of sp³-hybridized carbons (Fsp3) is 0.857. The molecular weight excluding hydrogens is 230 g/mol. The van der Waals surface area contributed by atoms with Crippen LogP contribution in [0.25, 0.3) is 0 Å². The zero-order valence-electron chi connectivity index (χ0n) is 11.1. The molecule has 2 atom stereocenters. The Labute approximate surface area is 107 Å². The number of hydrogen-bond donors (Lipinski definition) is 1. The van der Waals surface area contributed by atoms with Crippen LogP contribution in [-0.2, 0) is 9.59 Å². The number of aliphatic hydroxyl groups excluding tert-OH is 1. The van der Waals surface area contributed by atoms with Gasteiger partial charge in [-0.05, 0) is 18.3 Å². The molecule has 1 N–H and O–H groups in total. The molecular formula is C14H21NO3. The summed E-state index contributed by atoms with van der Waals surface area (Å²) >= 11 is 0. The van der Waals surface area contributed by atoms with E-state index in [4.69, 9.17) is 0 Å². The van der Waals surface area contributed by atoms with E-state index in [0.717, 1.165) is 25.7 Å². The van der Waals surface area contributed by atoms with Crippen LogP contribution in [0.5, 0.6) is 0 Å². The number of likely N-dealkylation sites (tertiary alicyclic amines) is 1. The summed E-state index contributed by atoms with van der Waals surface area (Å²) in [6.07, 6.45) is 4.04. The zero-order chi connectivity index (χ0) is 13.1. The number of rotatable bonds is 3. The van der Waals surface area contributed by atoms with Crippen molar-refractivity contribution in [3.8, 4) is 0 Å². The Balaban J connectivity index is 1.76. The Morgan fingerprint density at radius 2 is 1.67 bits per heavy atom. The van der Waals surface area contributed by atoms with Crippen molar-refractivity contribution in [2.45, 2.75) is 39.5 Å². The highest BCUT2D eigenvalue weighted by molar-refractivity contribution is 6.10. The second-order valence-corrected chi connectivity index (χ2v) is 6.90. The molecule has 0 aromatic carbocycles. The van der Waals surface area contributed by atoms with Gasteiger partial charge in [0.25, 0.3) is 0 Å². The summed E-state index contributed by atoms with van der Waals surface area (Å²) in [6.45, 7) is 4.51. The van der Waals surface area contributed by atoms with Crippen molar-refractivity contribution < 1.29 is 14.7 Å². The number of hydrogen-bond acceptors (Lipinski definition) is 3. The monoisotopic (exact) mass is 251 g/mol. The van der Waals surface area contributed by atoms with E-state index in [-0.39, 0.29) is 41.1 Å². The van der Waals surface area contributed by atoms with E-state index in [1.165, 1.54) is 4.90 Å². The first-order chi connectivity index (χ1) is 8.43. The van der Waals surface area contributed by atoms with Gasteiger partial charge in [0.15, 0.2) is 0 Å². The number of fused-ring (bicyclic) bond motifs is 1. The maximum atomic E-state index is 12.2. The van der Waals surface area contributed by atoms with E-state index in [9.17, 15) is 14.7 Å². The molecule has 1 saturated heterocycles. The minimum absolute atomic E-state index is 0.00488. The Bertz CT molecular complexity index is 385. The lowest BCUT2D eigenvalue weighted by Gasteiger charge is -2.32. The molecule has 4 nitrogen and oxygen atoms in total. The van der Waals surface area contributed by atoms with Crippen LogP contribution in [0, 0.1) is 22.7 Å². The minimum atomic E-state index is -0.216. The molecule has 2 saturated carbocycles. The summed E-state index contributed by atoms with van der Waals surface area (Å²) in [5, 5.41) is 9.58. The minimum Gasteiger partial charge on any atom is -0.396 e. The van der Waals surface area contributed by atoms with Crippen molar-refractivity contribution in [2.24, 2.45) is 22.7 Å². The molecule has 1 heterocycles. The second kappa shape index (κ2) is 3.56. The molecule has 3 aliphatic rings. The molecule has 0 aromatic rings. The highest BCUT2D eigenvalue weighted by Crippen LogP contribution is 2.63. The van der Waals surface area contributed by atoms with Crippen LogP contribution in [0.4, 0.5) is 0 Å². The van der Waals surface area contributed by atoms with Gasteiger partial charge >= 0.3 is 0 Å². The van der Waals surface area contributed by atoms with Crippen LogP contribution in [0.2, 0.25) is 0 Å². The summed E-state index contributed by atoms with van der Waals surface area (Å²) in [5.74, 6) is -0.200. The number of nitrogens with zero attached hydrogens (tertiary/aromatic N) is 1. The van der Waals surface area contributed by atoms with E-state index in [0.29, 0.717) is 6.54 Å². The van der Waals surface area contributed by atoms with Gasteiger partial charge in [-0.1, -0.05) is 26.7 Å². The fourth-order valence-corrected chi connectivity index (χ4v) is 3.99. The molecule has 4 heteroatoms. The maximum Gasteiger partial charge on any atom is 0.233 e. The van der Waals surface area contributed by atoms with E-state index in [1.54, 1.807) is 0 Å². The van der Waals surface area contributed by atoms with Crippen LogP contribution >= 0.6 is 0 Å². The van der Waals surface area contributed by atoms with Gasteiger partial charge in [-0.3, -0.25) is 14.5 Å². The van der Waals surface area contributed by atoms with Crippen molar-refractivity contribution in [3.63, 3.8) is 0 Å². The number of imide groups is 1. The molecule has 100 valence electrons. The average molecular weight is 251 g/mol. The zero-order valence-corrected chi connectivity index (χ0v) is 11.1. The number of piperidine rings is 1. The fourth-order valence-electron chi connectivity index (χ4n) is 3.99. The molecule has 0 radical (unpaired) electrons. The third-order valence-corrected chi connectivity index (χ3v) is 5.38. The first-order valence-corrected chi connectivity index (χ1v) is 6.89. The Morgan fingerprint density at radius 3 is 2.11 bits per heavy atom. The van der Waals surface area contributed by atoms with Gasteiger partial charge in [-0.25, -0.2) is 0 Å². The number of carbonyl (C=O) groups excluding carboxylic acids is 2. The van der Waals surface area contributed by atoms with E-state index in [1.807, 2.05) is 13.8 Å². The van der Waals surface area contributed by atoms with Crippen LogP contribution in [0.1, 0.15) is 39.5 Å². The van der Waals surface area contributed by atoms with Crippen molar-refractivity contribution in [1.82, 2.24) is 4.90 Å².